The summed E-state index contributed by atoms with van der Waals surface area (Å²) in [5.41, 5.74) is 0. The van der Waals surface area contributed by atoms with Crippen LogP contribution in [0, 0.1) is 0 Å². The van der Waals surface area contributed by atoms with Gasteiger partial charge in [-0.15, -0.1) is 0 Å². The molecular weight excluding hydrogens is 985 g/mol. The Morgan fingerprint density at radius 2 is 0.487 bits per heavy atom. The van der Waals surface area contributed by atoms with Crippen LogP contribution in [0.3, 0.4) is 0 Å². The van der Waals surface area contributed by atoms with Crippen LogP contribution in [0.25, 0.3) is 0 Å². The minimum absolute atomic E-state index is 0.0779. The zero-order valence-electron chi connectivity index (χ0n) is 53.6. The molecule has 0 amide bonds. The Kier molecular flexibility index (Phi) is 66.1. The van der Waals surface area contributed by atoms with E-state index in [9.17, 15) is 14.4 Å². The molecule has 0 aromatic heterocycles. The summed E-state index contributed by atoms with van der Waals surface area (Å²) in [7, 11) is 0. The Balaban J connectivity index is 4.30. The smallest absolute Gasteiger partial charge is 0.306 e. The van der Waals surface area contributed by atoms with Gasteiger partial charge < -0.3 is 14.2 Å². The summed E-state index contributed by atoms with van der Waals surface area (Å²) in [6, 6.07) is 0. The second-order valence-electron chi connectivity index (χ2n) is 23.8. The van der Waals surface area contributed by atoms with E-state index in [-0.39, 0.29) is 31.1 Å². The first kappa shape index (κ1) is 77.1. The summed E-state index contributed by atoms with van der Waals surface area (Å²) in [5, 5.41) is 0. The molecule has 0 N–H and O–H groups in total. The zero-order valence-corrected chi connectivity index (χ0v) is 53.6. The first-order valence-corrected chi connectivity index (χ1v) is 35.3. The lowest BCUT2D eigenvalue weighted by Gasteiger charge is -2.18. The summed E-state index contributed by atoms with van der Waals surface area (Å²) < 4.78 is 17.0. The number of unbranched alkanes of at least 4 members (excludes halogenated alkanes) is 44. The van der Waals surface area contributed by atoms with Crippen molar-refractivity contribution in [1.29, 1.82) is 0 Å². The van der Waals surface area contributed by atoms with Crippen molar-refractivity contribution in [2.45, 2.75) is 380 Å². The number of esters is 3. The average Bonchev–Trinajstić information content (AvgIpc) is 3.46. The van der Waals surface area contributed by atoms with E-state index in [1.165, 1.54) is 238 Å². The average molecular weight is 1120 g/mol. The third-order valence-corrected chi connectivity index (χ3v) is 15.8. The maximum absolute atomic E-state index is 12.9. The topological polar surface area (TPSA) is 78.9 Å². The Morgan fingerprint density at radius 3 is 0.775 bits per heavy atom. The minimum Gasteiger partial charge on any atom is -0.462 e. The highest BCUT2D eigenvalue weighted by Gasteiger charge is 2.19. The fourth-order valence-corrected chi connectivity index (χ4v) is 10.5. The molecule has 1 atom stereocenters. The van der Waals surface area contributed by atoms with Crippen LogP contribution in [0.1, 0.15) is 374 Å². The number of hydrogen-bond acceptors (Lipinski definition) is 6. The molecule has 0 heterocycles. The molecule has 0 saturated heterocycles. The second-order valence-corrected chi connectivity index (χ2v) is 23.8. The van der Waals surface area contributed by atoms with Gasteiger partial charge in [0.1, 0.15) is 13.2 Å². The van der Waals surface area contributed by atoms with E-state index >= 15 is 0 Å². The van der Waals surface area contributed by atoms with Crippen molar-refractivity contribution < 1.29 is 28.6 Å². The van der Waals surface area contributed by atoms with Gasteiger partial charge in [0.05, 0.1) is 0 Å². The SMILES string of the molecule is CC/C=C\C/C=C\C/C=C\C/C=C\CCCCCCCCC(=O)OC(COC(=O)CCCCCCCCC/C=C\CCCCCCCC)COC(=O)CCCCCCCCCCCCCCCCCCCCCCCCCCCC. The molecule has 0 aliphatic heterocycles. The van der Waals surface area contributed by atoms with Gasteiger partial charge in [0.2, 0.25) is 0 Å². The molecule has 80 heavy (non-hydrogen) atoms. The molecule has 0 aliphatic rings. The predicted octanol–water partition coefficient (Wildman–Crippen LogP) is 24.3. The van der Waals surface area contributed by atoms with Crippen LogP contribution < -0.4 is 0 Å². The van der Waals surface area contributed by atoms with Crippen LogP contribution in [0.5, 0.6) is 0 Å². The summed E-state index contributed by atoms with van der Waals surface area (Å²) in [4.78, 5) is 38.5. The molecule has 0 aromatic rings. The summed E-state index contributed by atoms with van der Waals surface area (Å²) in [6.07, 6.45) is 88.2. The van der Waals surface area contributed by atoms with Gasteiger partial charge in [0, 0.05) is 19.3 Å². The van der Waals surface area contributed by atoms with E-state index in [1.807, 2.05) is 0 Å². The van der Waals surface area contributed by atoms with Crippen LogP contribution in [0.4, 0.5) is 0 Å². The predicted molar refractivity (Wildman–Crippen MR) is 348 cm³/mol. The molecule has 0 saturated carbocycles. The first-order chi connectivity index (χ1) is 39.5. The van der Waals surface area contributed by atoms with Crippen LogP contribution in [-0.4, -0.2) is 37.2 Å². The number of ether oxygens (including phenoxy) is 3. The van der Waals surface area contributed by atoms with Crippen LogP contribution in [0.2, 0.25) is 0 Å². The van der Waals surface area contributed by atoms with Crippen molar-refractivity contribution in [3.05, 3.63) is 60.8 Å². The number of carbonyl (C=O) groups is 3. The molecule has 0 aliphatic carbocycles. The highest BCUT2D eigenvalue weighted by atomic mass is 16.6. The van der Waals surface area contributed by atoms with Crippen molar-refractivity contribution in [2.75, 3.05) is 13.2 Å². The highest BCUT2D eigenvalue weighted by Crippen LogP contribution is 2.18. The van der Waals surface area contributed by atoms with E-state index in [0.717, 1.165) is 96.3 Å². The quantitative estimate of drug-likeness (QED) is 0.0261. The van der Waals surface area contributed by atoms with E-state index in [2.05, 4.69) is 81.5 Å². The number of rotatable bonds is 65. The number of carbonyl (C=O) groups excluding carboxylic acids is 3. The lowest BCUT2D eigenvalue weighted by Crippen LogP contribution is -2.30. The highest BCUT2D eigenvalue weighted by molar-refractivity contribution is 5.71. The summed E-state index contributed by atoms with van der Waals surface area (Å²) >= 11 is 0. The lowest BCUT2D eigenvalue weighted by atomic mass is 10.0. The molecule has 0 radical (unpaired) electrons. The molecule has 0 aromatic carbocycles. The Bertz CT molecular complexity index is 1430. The van der Waals surface area contributed by atoms with Crippen molar-refractivity contribution in [2.24, 2.45) is 0 Å². The van der Waals surface area contributed by atoms with Gasteiger partial charge in [-0.2, -0.15) is 0 Å². The molecule has 6 heteroatoms. The number of hydrogen-bond donors (Lipinski definition) is 0. The molecule has 466 valence electrons. The molecule has 0 fully saturated rings. The third kappa shape index (κ3) is 65.9. The van der Waals surface area contributed by atoms with Gasteiger partial charge in [-0.1, -0.05) is 332 Å². The van der Waals surface area contributed by atoms with E-state index in [0.29, 0.717) is 19.3 Å². The standard InChI is InChI=1S/C74H134O6/c1-4-7-10-13-16-19-22-25-28-31-33-34-35-36-37-38-39-41-43-46-49-52-55-58-61-64-67-73(76)79-70-71(69-78-72(75)66-63-60-57-54-51-48-45-42-30-27-24-21-18-15-12-9-6-3)80-74(77)68-65-62-59-56-53-50-47-44-40-32-29-26-23-20-17-14-11-8-5-2/h8,11,17,20,26-27,29-30,40,44,71H,4-7,9-10,12-16,18-19,21-25,28,31-39,41-43,45-70H2,1-3H3/b11-8-,20-17-,29-26-,30-27-,44-40-. The van der Waals surface area contributed by atoms with Crippen molar-refractivity contribution >= 4 is 17.9 Å². The largest absolute Gasteiger partial charge is 0.462 e. The minimum atomic E-state index is -0.784. The van der Waals surface area contributed by atoms with Gasteiger partial charge in [0.15, 0.2) is 6.10 Å². The molecule has 0 rings (SSSR count). The summed E-state index contributed by atoms with van der Waals surface area (Å²) in [6.45, 7) is 6.57. The zero-order chi connectivity index (χ0) is 57.8. The van der Waals surface area contributed by atoms with Gasteiger partial charge in [-0.3, -0.25) is 14.4 Å². The van der Waals surface area contributed by atoms with Gasteiger partial charge in [-0.25, -0.2) is 0 Å². The first-order valence-electron chi connectivity index (χ1n) is 35.3. The molecule has 0 bridgehead atoms. The monoisotopic (exact) mass is 1120 g/mol. The summed E-state index contributed by atoms with van der Waals surface area (Å²) in [5.74, 6) is -0.873. The Morgan fingerprint density at radius 1 is 0.263 bits per heavy atom. The maximum atomic E-state index is 12.9. The Hall–Kier alpha value is -2.89. The fourth-order valence-electron chi connectivity index (χ4n) is 10.5. The van der Waals surface area contributed by atoms with Crippen molar-refractivity contribution in [3.63, 3.8) is 0 Å². The third-order valence-electron chi connectivity index (χ3n) is 15.8. The van der Waals surface area contributed by atoms with Gasteiger partial charge in [0.25, 0.3) is 0 Å². The normalized spacial score (nSPS) is 12.4. The second kappa shape index (κ2) is 68.6. The van der Waals surface area contributed by atoms with Crippen LogP contribution in [0.15, 0.2) is 60.8 Å². The van der Waals surface area contributed by atoms with Gasteiger partial charge in [-0.05, 0) is 83.5 Å². The lowest BCUT2D eigenvalue weighted by molar-refractivity contribution is -0.167. The fraction of sp³-hybridized carbons (Fsp3) is 0.824. The van der Waals surface area contributed by atoms with E-state index in [1.54, 1.807) is 0 Å². The van der Waals surface area contributed by atoms with Crippen LogP contribution in [-0.2, 0) is 28.6 Å². The molecular formula is C74H134O6. The van der Waals surface area contributed by atoms with Crippen molar-refractivity contribution in [1.82, 2.24) is 0 Å². The van der Waals surface area contributed by atoms with E-state index in [4.69, 9.17) is 14.2 Å². The van der Waals surface area contributed by atoms with Gasteiger partial charge >= 0.3 is 17.9 Å². The van der Waals surface area contributed by atoms with E-state index < -0.39 is 6.10 Å². The van der Waals surface area contributed by atoms with Crippen molar-refractivity contribution in [3.8, 4) is 0 Å². The Labute approximate surface area is 498 Å². The maximum Gasteiger partial charge on any atom is 0.306 e. The molecule has 0 spiro atoms. The number of allylic oxidation sites excluding steroid dienone is 10. The molecule has 1 unspecified atom stereocenters. The van der Waals surface area contributed by atoms with Crippen LogP contribution >= 0.6 is 0 Å². The molecule has 6 nitrogen and oxygen atoms in total.